The van der Waals surface area contributed by atoms with Crippen LogP contribution in [0.3, 0.4) is 0 Å². The molecule has 0 aliphatic carbocycles. The minimum Gasteiger partial charge on any atom is -0.495 e. The Balaban J connectivity index is 3.00. The molecular weight excluding hydrogens is 336 g/mol. The topological polar surface area (TPSA) is 93.1 Å². The molecule has 26 heavy (non-hydrogen) atoms. The molecule has 6 heteroatoms. The fourth-order valence-electron chi connectivity index (χ4n) is 2.58. The summed E-state index contributed by atoms with van der Waals surface area (Å²) < 4.78 is 10.5. The Bertz CT molecular complexity index is 907. The normalized spacial score (nSPS) is 9.69. The van der Waals surface area contributed by atoms with E-state index < -0.39 is 11.9 Å². The Morgan fingerprint density at radius 2 is 1.15 bits per heavy atom. The van der Waals surface area contributed by atoms with Gasteiger partial charge in [-0.25, -0.2) is 9.59 Å². The Labute approximate surface area is 150 Å². The zero-order valence-electron chi connectivity index (χ0n) is 14.0. The van der Waals surface area contributed by atoms with Gasteiger partial charge in [0, 0.05) is 22.3 Å². The first-order valence-corrected chi connectivity index (χ1v) is 7.22. The van der Waals surface area contributed by atoms with E-state index in [4.69, 9.17) is 22.3 Å². The quantitative estimate of drug-likeness (QED) is 0.806. The molecule has 0 atom stereocenters. The second-order valence-corrected chi connectivity index (χ2v) is 5.11. The van der Waals surface area contributed by atoms with Crippen LogP contribution in [0.15, 0.2) is 24.3 Å². The third kappa shape index (κ3) is 3.17. The highest BCUT2D eigenvalue weighted by Gasteiger charge is 2.24. The van der Waals surface area contributed by atoms with E-state index >= 15 is 0 Å². The summed E-state index contributed by atoms with van der Waals surface area (Å²) in [6.07, 6.45) is 10.8. The summed E-state index contributed by atoms with van der Waals surface area (Å²) >= 11 is 0. The van der Waals surface area contributed by atoms with Gasteiger partial charge in [0.2, 0.25) is 0 Å². The lowest BCUT2D eigenvalue weighted by Crippen LogP contribution is -2.06. The van der Waals surface area contributed by atoms with Crippen LogP contribution >= 0.6 is 0 Å². The van der Waals surface area contributed by atoms with Crippen molar-refractivity contribution >= 4 is 11.9 Å². The molecular formula is C20H14O6. The second kappa shape index (κ2) is 7.33. The summed E-state index contributed by atoms with van der Waals surface area (Å²) in [5.74, 6) is 2.28. The summed E-state index contributed by atoms with van der Waals surface area (Å²) in [6, 6.07) is 5.60. The van der Waals surface area contributed by atoms with Gasteiger partial charge >= 0.3 is 11.9 Å². The molecule has 2 aromatic rings. The minimum absolute atomic E-state index is 0.0142. The third-order valence-electron chi connectivity index (χ3n) is 3.67. The fraction of sp³-hybridized carbons (Fsp3) is 0.100. The van der Waals surface area contributed by atoms with E-state index in [0.717, 1.165) is 0 Å². The molecule has 0 aliphatic heterocycles. The van der Waals surface area contributed by atoms with Crippen molar-refractivity contribution in [3.63, 3.8) is 0 Å². The van der Waals surface area contributed by atoms with E-state index in [-0.39, 0.29) is 44.9 Å². The number of carbonyl (C=O) groups is 2. The summed E-state index contributed by atoms with van der Waals surface area (Å²) in [7, 11) is 2.60. The number of rotatable bonds is 5. The highest BCUT2D eigenvalue weighted by Crippen LogP contribution is 2.41. The van der Waals surface area contributed by atoms with Crippen molar-refractivity contribution in [3.05, 3.63) is 46.5 Å². The Morgan fingerprint density at radius 1 is 0.808 bits per heavy atom. The maximum Gasteiger partial charge on any atom is 0.339 e. The van der Waals surface area contributed by atoms with E-state index in [1.54, 1.807) is 0 Å². The molecule has 0 unspecified atom stereocenters. The van der Waals surface area contributed by atoms with Gasteiger partial charge in [0.1, 0.15) is 22.6 Å². The molecule has 130 valence electrons. The van der Waals surface area contributed by atoms with Crippen molar-refractivity contribution in [1.29, 1.82) is 0 Å². The molecule has 0 amide bonds. The van der Waals surface area contributed by atoms with Gasteiger partial charge in [0.05, 0.1) is 14.2 Å². The number of carboxylic acid groups (broad SMARTS) is 2. The van der Waals surface area contributed by atoms with Gasteiger partial charge in [-0.3, -0.25) is 0 Å². The van der Waals surface area contributed by atoms with Crippen LogP contribution in [0.1, 0.15) is 31.8 Å². The van der Waals surface area contributed by atoms with Crippen molar-refractivity contribution in [3.8, 4) is 47.3 Å². The summed E-state index contributed by atoms with van der Waals surface area (Å²) in [6.45, 7) is 0. The molecule has 0 radical (unpaired) electrons. The Hall–Kier alpha value is -3.90. The van der Waals surface area contributed by atoms with Gasteiger partial charge in [-0.05, 0) is 24.3 Å². The number of aromatic carboxylic acids is 2. The summed E-state index contributed by atoms with van der Waals surface area (Å²) in [4.78, 5) is 23.2. The molecule has 2 aromatic carbocycles. The zero-order valence-corrected chi connectivity index (χ0v) is 14.0. The highest BCUT2D eigenvalue weighted by atomic mass is 16.5. The molecule has 0 aromatic heterocycles. The van der Waals surface area contributed by atoms with E-state index in [1.807, 2.05) is 0 Å². The molecule has 0 fully saturated rings. The van der Waals surface area contributed by atoms with E-state index in [0.29, 0.717) is 0 Å². The smallest absolute Gasteiger partial charge is 0.339 e. The predicted molar refractivity (Wildman–Crippen MR) is 94.8 cm³/mol. The highest BCUT2D eigenvalue weighted by molar-refractivity contribution is 5.99. The first-order valence-electron chi connectivity index (χ1n) is 7.22. The minimum atomic E-state index is -1.24. The predicted octanol–water partition coefficient (Wildman–Crippen LogP) is 2.73. The average Bonchev–Trinajstić information content (AvgIpc) is 2.65. The van der Waals surface area contributed by atoms with E-state index in [9.17, 15) is 19.8 Å². The van der Waals surface area contributed by atoms with Crippen LogP contribution in [-0.4, -0.2) is 36.4 Å². The lowest BCUT2D eigenvalue weighted by molar-refractivity contribution is 0.0682. The van der Waals surface area contributed by atoms with Gasteiger partial charge in [0.25, 0.3) is 0 Å². The average molecular weight is 350 g/mol. The number of ether oxygens (including phenoxy) is 2. The molecule has 0 spiro atoms. The van der Waals surface area contributed by atoms with Crippen LogP contribution in [0.5, 0.6) is 11.5 Å². The number of carboxylic acids is 2. The first-order chi connectivity index (χ1) is 12.4. The van der Waals surface area contributed by atoms with Crippen molar-refractivity contribution < 1.29 is 29.3 Å². The van der Waals surface area contributed by atoms with Gasteiger partial charge < -0.3 is 19.7 Å². The van der Waals surface area contributed by atoms with Crippen LogP contribution in [-0.2, 0) is 0 Å². The SMILES string of the molecule is C#Cc1cc(C(=O)O)c(OC)c(-c2cc(C#C)cc(C(=O)O)c2OC)c1. The molecule has 0 saturated carbocycles. The van der Waals surface area contributed by atoms with Crippen LogP contribution in [0.25, 0.3) is 11.1 Å². The monoisotopic (exact) mass is 350 g/mol. The van der Waals surface area contributed by atoms with Crippen molar-refractivity contribution in [2.75, 3.05) is 14.2 Å². The standard InChI is InChI=1S/C20H14O6/c1-5-11-7-13(17(25-3)15(9-11)19(21)22)14-8-12(6-2)10-16(20(23)24)18(14)26-4/h1-2,7-10H,3-4H3,(H,21,22)(H,23,24). The van der Waals surface area contributed by atoms with Crippen LogP contribution in [0.4, 0.5) is 0 Å². The molecule has 6 nitrogen and oxygen atoms in total. The number of hydrogen-bond donors (Lipinski definition) is 2. The molecule has 0 aliphatic rings. The first kappa shape index (κ1) is 18.4. The molecule has 0 heterocycles. The van der Waals surface area contributed by atoms with Gasteiger partial charge in [0.15, 0.2) is 0 Å². The Kier molecular flexibility index (Phi) is 5.20. The van der Waals surface area contributed by atoms with Crippen molar-refractivity contribution in [2.24, 2.45) is 0 Å². The third-order valence-corrected chi connectivity index (χ3v) is 3.67. The molecule has 2 rings (SSSR count). The van der Waals surface area contributed by atoms with E-state index in [1.165, 1.54) is 38.5 Å². The molecule has 2 N–H and O–H groups in total. The van der Waals surface area contributed by atoms with Gasteiger partial charge in [-0.1, -0.05) is 11.8 Å². The molecule has 0 saturated heterocycles. The van der Waals surface area contributed by atoms with Gasteiger partial charge in [-0.15, -0.1) is 12.8 Å². The Morgan fingerprint density at radius 3 is 1.38 bits per heavy atom. The van der Waals surface area contributed by atoms with Crippen molar-refractivity contribution in [1.82, 2.24) is 0 Å². The fourth-order valence-corrected chi connectivity index (χ4v) is 2.58. The van der Waals surface area contributed by atoms with Crippen LogP contribution in [0.2, 0.25) is 0 Å². The maximum atomic E-state index is 11.6. The summed E-state index contributed by atoms with van der Waals surface area (Å²) in [5, 5.41) is 18.9. The van der Waals surface area contributed by atoms with Crippen LogP contribution in [0, 0.1) is 24.7 Å². The summed E-state index contributed by atoms with van der Waals surface area (Å²) in [5.41, 5.74) is 0.756. The second-order valence-electron chi connectivity index (χ2n) is 5.11. The molecule has 0 bridgehead atoms. The lowest BCUT2D eigenvalue weighted by atomic mass is 9.94. The van der Waals surface area contributed by atoms with E-state index in [2.05, 4.69) is 11.8 Å². The zero-order chi connectivity index (χ0) is 19.4. The number of methoxy groups -OCH3 is 2. The number of terminal acetylenes is 2. The van der Waals surface area contributed by atoms with Crippen molar-refractivity contribution in [2.45, 2.75) is 0 Å². The largest absolute Gasteiger partial charge is 0.495 e. The lowest BCUT2D eigenvalue weighted by Gasteiger charge is -2.17. The maximum absolute atomic E-state index is 11.6. The van der Waals surface area contributed by atoms with Gasteiger partial charge in [-0.2, -0.15) is 0 Å². The number of hydrogen-bond acceptors (Lipinski definition) is 4. The number of benzene rings is 2. The van der Waals surface area contributed by atoms with Crippen LogP contribution < -0.4 is 9.47 Å².